The van der Waals surface area contributed by atoms with Crippen molar-refractivity contribution in [2.45, 2.75) is 67.5 Å². The molecule has 2 aliphatic rings. The summed E-state index contributed by atoms with van der Waals surface area (Å²) in [7, 11) is 4.54. The third kappa shape index (κ3) is 9.58. The number of nitrogens with one attached hydrogen (secondary N) is 2. The van der Waals surface area contributed by atoms with Gasteiger partial charge >= 0.3 is 0 Å². The van der Waals surface area contributed by atoms with Gasteiger partial charge in [0.2, 0.25) is 17.7 Å². The minimum atomic E-state index is -0.852. The predicted octanol–water partition coefficient (Wildman–Crippen LogP) is 6.05. The van der Waals surface area contributed by atoms with Crippen LogP contribution in [0.1, 0.15) is 75.6 Å². The van der Waals surface area contributed by atoms with Crippen LogP contribution in [0, 0.1) is 0 Å². The van der Waals surface area contributed by atoms with E-state index in [1.54, 1.807) is 42.4 Å². The number of carbonyl (C=O) groups is 5. The molecule has 5 amide bonds. The number of carbonyl (C=O) groups excluding carboxylic acids is 5. The summed E-state index contributed by atoms with van der Waals surface area (Å²) in [6, 6.07) is 30.6. The largest absolute Gasteiger partial charge is 0.357 e. The summed E-state index contributed by atoms with van der Waals surface area (Å²) in [5, 5.41) is 5.37. The second-order valence-electron chi connectivity index (χ2n) is 13.5. The zero-order chi connectivity index (χ0) is 37.9. The number of fused-ring (bicyclic) bond motifs is 1. The standard InChI is InChI=1S/C42H45N5O5S2/c1-43-38(48)36(26-29-14-4-2-5-15-29)46-25-22-31(30-16-6-3-7-17-30)27-35(42(46)52)45-39(49)37(54-53-28-32-18-10-12-23-44-32)21-11-13-24-47-40(50)33-19-8-9-20-34(33)41(47)51/h2-10,12,14-20,23,31,35-37H,11,13,21-22,24-28H2,1H3,(H,43,48)(H,45,49). The Balaban J connectivity index is 1.19. The van der Waals surface area contributed by atoms with Crippen LogP contribution in [0.5, 0.6) is 0 Å². The van der Waals surface area contributed by atoms with Gasteiger partial charge in [-0.25, -0.2) is 0 Å². The molecule has 4 aromatic rings. The number of nitrogens with zero attached hydrogens (tertiary/aromatic N) is 3. The molecule has 2 N–H and O–H groups in total. The van der Waals surface area contributed by atoms with Crippen LogP contribution in [-0.4, -0.2) is 81.8 Å². The molecule has 0 radical (unpaired) electrons. The zero-order valence-electron chi connectivity index (χ0n) is 30.3. The first kappa shape index (κ1) is 38.8. The van der Waals surface area contributed by atoms with Crippen LogP contribution in [0.15, 0.2) is 109 Å². The fourth-order valence-corrected chi connectivity index (χ4v) is 9.66. The first-order valence-electron chi connectivity index (χ1n) is 18.4. The van der Waals surface area contributed by atoms with E-state index < -0.39 is 17.3 Å². The summed E-state index contributed by atoms with van der Waals surface area (Å²) >= 11 is 0. The van der Waals surface area contributed by atoms with Crippen LogP contribution >= 0.6 is 21.6 Å². The monoisotopic (exact) mass is 763 g/mol. The summed E-state index contributed by atoms with van der Waals surface area (Å²) in [5.74, 6) is -0.815. The van der Waals surface area contributed by atoms with E-state index in [1.165, 1.54) is 26.5 Å². The Morgan fingerprint density at radius 3 is 2.17 bits per heavy atom. The van der Waals surface area contributed by atoms with Gasteiger partial charge in [-0.2, -0.15) is 0 Å². The molecule has 1 fully saturated rings. The molecule has 2 aliphatic heterocycles. The van der Waals surface area contributed by atoms with Crippen molar-refractivity contribution in [3.8, 4) is 0 Å². The molecule has 3 aromatic carbocycles. The zero-order valence-corrected chi connectivity index (χ0v) is 31.9. The lowest BCUT2D eigenvalue weighted by atomic mass is 9.90. The van der Waals surface area contributed by atoms with Gasteiger partial charge in [-0.15, -0.1) is 0 Å². The summed E-state index contributed by atoms with van der Waals surface area (Å²) in [6.45, 7) is 0.620. The van der Waals surface area contributed by atoms with Crippen LogP contribution in [-0.2, 0) is 26.6 Å². The molecule has 10 nitrogen and oxygen atoms in total. The Morgan fingerprint density at radius 1 is 0.833 bits per heavy atom. The Kier molecular flexibility index (Phi) is 13.6. The van der Waals surface area contributed by atoms with Crippen molar-refractivity contribution < 1.29 is 24.0 Å². The maximum Gasteiger partial charge on any atom is 0.261 e. The third-order valence-electron chi connectivity index (χ3n) is 9.99. The van der Waals surface area contributed by atoms with E-state index in [9.17, 15) is 24.0 Å². The highest BCUT2D eigenvalue weighted by Gasteiger charge is 2.40. The van der Waals surface area contributed by atoms with E-state index in [4.69, 9.17) is 0 Å². The normalized spacial score (nSPS) is 18.1. The number of unbranched alkanes of at least 4 members (excludes halogenated alkanes) is 1. The third-order valence-corrected chi connectivity index (χ3v) is 12.7. The Morgan fingerprint density at radius 2 is 1.50 bits per heavy atom. The maximum absolute atomic E-state index is 14.5. The van der Waals surface area contributed by atoms with Crippen LogP contribution in [0.4, 0.5) is 0 Å². The minimum absolute atomic E-state index is 0.0168. The van der Waals surface area contributed by atoms with E-state index >= 15 is 0 Å². The topological polar surface area (TPSA) is 129 Å². The van der Waals surface area contributed by atoms with Gasteiger partial charge in [0, 0.05) is 38.5 Å². The van der Waals surface area contributed by atoms with Crippen LogP contribution in [0.3, 0.4) is 0 Å². The molecule has 0 aliphatic carbocycles. The van der Waals surface area contributed by atoms with Crippen molar-refractivity contribution in [2.75, 3.05) is 20.1 Å². The van der Waals surface area contributed by atoms with Crippen LogP contribution < -0.4 is 10.6 Å². The summed E-state index contributed by atoms with van der Waals surface area (Å²) in [5.41, 5.74) is 3.74. The molecule has 0 saturated carbocycles. The van der Waals surface area contributed by atoms with Gasteiger partial charge in [0.1, 0.15) is 12.1 Å². The van der Waals surface area contributed by atoms with E-state index in [0.29, 0.717) is 61.9 Å². The highest BCUT2D eigenvalue weighted by Crippen LogP contribution is 2.34. The summed E-state index contributed by atoms with van der Waals surface area (Å²) < 4.78 is 0. The van der Waals surface area contributed by atoms with Gasteiger partial charge in [0.05, 0.1) is 22.1 Å². The Labute approximate surface area is 324 Å². The van der Waals surface area contributed by atoms with Crippen molar-refractivity contribution >= 4 is 51.1 Å². The van der Waals surface area contributed by atoms with E-state index in [-0.39, 0.29) is 42.0 Å². The lowest BCUT2D eigenvalue weighted by Gasteiger charge is -2.32. The maximum atomic E-state index is 14.5. The molecule has 54 heavy (non-hydrogen) atoms. The van der Waals surface area contributed by atoms with Crippen LogP contribution in [0.2, 0.25) is 0 Å². The van der Waals surface area contributed by atoms with Crippen molar-refractivity contribution in [1.82, 2.24) is 25.4 Å². The minimum Gasteiger partial charge on any atom is -0.357 e. The number of likely N-dealkylation sites (tertiary alicyclic amines) is 1. The van der Waals surface area contributed by atoms with Gasteiger partial charge in [0.15, 0.2) is 0 Å². The quantitative estimate of drug-likeness (QED) is 0.0803. The van der Waals surface area contributed by atoms with Gasteiger partial charge in [0.25, 0.3) is 11.8 Å². The molecule has 1 aromatic heterocycles. The van der Waals surface area contributed by atoms with Crippen LogP contribution in [0.25, 0.3) is 0 Å². The first-order chi connectivity index (χ1) is 26.3. The van der Waals surface area contributed by atoms with Gasteiger partial charge in [-0.3, -0.25) is 33.9 Å². The highest BCUT2D eigenvalue weighted by atomic mass is 33.1. The number of imide groups is 1. The number of hydrogen-bond acceptors (Lipinski definition) is 8. The number of rotatable bonds is 16. The number of amides is 5. The number of likely N-dealkylation sites (N-methyl/N-ethyl adjacent to an activating group) is 1. The number of pyridine rings is 1. The molecule has 3 heterocycles. The van der Waals surface area contributed by atoms with Crippen molar-refractivity contribution in [1.29, 1.82) is 0 Å². The number of aromatic nitrogens is 1. The lowest BCUT2D eigenvalue weighted by molar-refractivity contribution is -0.142. The molecule has 0 bridgehead atoms. The van der Waals surface area contributed by atoms with E-state index in [0.717, 1.165) is 16.8 Å². The summed E-state index contributed by atoms with van der Waals surface area (Å²) in [6.07, 6.45) is 4.70. The lowest BCUT2D eigenvalue weighted by Crippen LogP contribution is -2.56. The second kappa shape index (κ2) is 18.9. The number of hydrogen-bond donors (Lipinski definition) is 2. The highest BCUT2D eigenvalue weighted by molar-refractivity contribution is 8.76. The summed E-state index contributed by atoms with van der Waals surface area (Å²) in [4.78, 5) is 75.4. The Bertz CT molecular complexity index is 1880. The SMILES string of the molecule is CNC(=O)C(Cc1ccccc1)N1CCC(c2ccccc2)CC(NC(=O)C(CCCCN2C(=O)c3ccccc3C2=O)SSCc2ccccn2)C1=O. The molecular weight excluding hydrogens is 719 g/mol. The van der Waals surface area contributed by atoms with Crippen molar-refractivity contribution in [2.24, 2.45) is 0 Å². The Hall–Kier alpha value is -4.94. The fourth-order valence-electron chi connectivity index (χ4n) is 7.10. The fraction of sp³-hybridized carbons (Fsp3) is 0.333. The average Bonchev–Trinajstić information content (AvgIpc) is 3.33. The molecule has 4 atom stereocenters. The van der Waals surface area contributed by atoms with Gasteiger partial charge < -0.3 is 15.5 Å². The molecule has 6 rings (SSSR count). The van der Waals surface area contributed by atoms with Crippen molar-refractivity contribution in [3.63, 3.8) is 0 Å². The first-order valence-corrected chi connectivity index (χ1v) is 20.8. The second-order valence-corrected chi connectivity index (χ2v) is 16.1. The molecule has 1 saturated heterocycles. The van der Waals surface area contributed by atoms with E-state index in [2.05, 4.69) is 15.6 Å². The van der Waals surface area contributed by atoms with Gasteiger partial charge in [-0.05, 0) is 67.0 Å². The molecule has 12 heteroatoms. The predicted molar refractivity (Wildman–Crippen MR) is 213 cm³/mol. The number of benzene rings is 3. The average molecular weight is 764 g/mol. The van der Waals surface area contributed by atoms with Gasteiger partial charge in [-0.1, -0.05) is 107 Å². The van der Waals surface area contributed by atoms with E-state index in [1.807, 2.05) is 78.9 Å². The molecular formula is C42H45N5O5S2. The molecule has 4 unspecified atom stereocenters. The molecule has 0 spiro atoms. The smallest absolute Gasteiger partial charge is 0.261 e. The van der Waals surface area contributed by atoms with Crippen molar-refractivity contribution in [3.05, 3.63) is 137 Å². The molecule has 280 valence electrons.